The number of ketones is 1. The van der Waals surface area contributed by atoms with Gasteiger partial charge in [0.05, 0.1) is 5.02 Å². The summed E-state index contributed by atoms with van der Waals surface area (Å²) in [6, 6.07) is 5.50. The van der Waals surface area contributed by atoms with Crippen molar-refractivity contribution in [2.45, 2.75) is 19.8 Å². The Morgan fingerprint density at radius 1 is 1.44 bits per heavy atom. The minimum atomic E-state index is 0.117. The minimum Gasteiger partial charge on any atom is -0.453 e. The summed E-state index contributed by atoms with van der Waals surface area (Å²) in [7, 11) is 0. The smallest absolute Gasteiger partial charge is 0.201 e. The zero-order valence-corrected chi connectivity index (χ0v) is 9.67. The lowest BCUT2D eigenvalue weighted by molar-refractivity contribution is 0.0942. The Morgan fingerprint density at radius 3 is 2.81 bits per heavy atom. The monoisotopic (exact) mass is 234 g/mol. The van der Waals surface area contributed by atoms with Crippen molar-refractivity contribution in [3.8, 4) is 0 Å². The fraction of sp³-hybridized carbons (Fsp3) is 0.308. The summed E-state index contributed by atoms with van der Waals surface area (Å²) in [5.41, 5.74) is 1.74. The van der Waals surface area contributed by atoms with Crippen LogP contribution in [0.1, 0.15) is 29.0 Å². The van der Waals surface area contributed by atoms with E-state index in [1.807, 2.05) is 19.1 Å². The summed E-state index contributed by atoms with van der Waals surface area (Å²) in [6.45, 7) is 1.95. The molecule has 3 heteroatoms. The third kappa shape index (κ3) is 1.45. The lowest BCUT2D eigenvalue weighted by atomic mass is 10.1. The van der Waals surface area contributed by atoms with Crippen LogP contribution in [0.3, 0.4) is 0 Å². The highest BCUT2D eigenvalue weighted by molar-refractivity contribution is 6.35. The Hall–Kier alpha value is -1.28. The largest absolute Gasteiger partial charge is 0.453 e. The van der Waals surface area contributed by atoms with Crippen LogP contribution in [0.4, 0.5) is 0 Å². The average Bonchev–Trinajstić information content (AvgIpc) is 3.01. The van der Waals surface area contributed by atoms with Crippen molar-refractivity contribution in [2.24, 2.45) is 5.92 Å². The SMILES string of the molecule is Cc1ccc(Cl)c2cc(C(=O)C3CC3)oc12. The molecule has 2 nitrogen and oxygen atoms in total. The van der Waals surface area contributed by atoms with Gasteiger partial charge in [0, 0.05) is 11.3 Å². The van der Waals surface area contributed by atoms with E-state index < -0.39 is 0 Å². The normalized spacial score (nSPS) is 15.6. The van der Waals surface area contributed by atoms with Gasteiger partial charge in [-0.25, -0.2) is 0 Å². The lowest BCUT2D eigenvalue weighted by Gasteiger charge is -1.95. The highest BCUT2D eigenvalue weighted by Gasteiger charge is 2.32. The summed E-state index contributed by atoms with van der Waals surface area (Å²) in [6.07, 6.45) is 1.98. The number of hydrogen-bond acceptors (Lipinski definition) is 2. The molecule has 1 fully saturated rings. The molecule has 0 atom stereocenters. The summed E-state index contributed by atoms with van der Waals surface area (Å²) in [4.78, 5) is 11.9. The van der Waals surface area contributed by atoms with Crippen molar-refractivity contribution in [3.05, 3.63) is 34.5 Å². The number of fused-ring (bicyclic) bond motifs is 1. The maximum atomic E-state index is 11.9. The van der Waals surface area contributed by atoms with Crippen LogP contribution in [0.5, 0.6) is 0 Å². The van der Waals surface area contributed by atoms with Crippen molar-refractivity contribution in [1.29, 1.82) is 0 Å². The predicted molar refractivity (Wildman–Crippen MR) is 63.0 cm³/mol. The third-order valence-corrected chi connectivity index (χ3v) is 3.35. The van der Waals surface area contributed by atoms with Gasteiger partial charge < -0.3 is 4.42 Å². The first-order chi connectivity index (χ1) is 7.66. The molecule has 2 aromatic rings. The van der Waals surface area contributed by atoms with E-state index in [0.717, 1.165) is 29.4 Å². The Morgan fingerprint density at radius 2 is 2.19 bits per heavy atom. The second kappa shape index (κ2) is 3.36. The van der Waals surface area contributed by atoms with Gasteiger partial charge in [0.2, 0.25) is 5.78 Å². The molecule has 1 aliphatic carbocycles. The number of Topliss-reactive ketones (excluding diaryl/α,β-unsaturated/α-hetero) is 1. The summed E-state index contributed by atoms with van der Waals surface area (Å²) in [5.74, 6) is 0.750. The second-order valence-corrected chi connectivity index (χ2v) is 4.76. The van der Waals surface area contributed by atoms with Crippen LogP contribution in [0.25, 0.3) is 11.0 Å². The second-order valence-electron chi connectivity index (χ2n) is 4.36. The van der Waals surface area contributed by atoms with Crippen LogP contribution in [-0.2, 0) is 0 Å². The van der Waals surface area contributed by atoms with Crippen LogP contribution in [0.15, 0.2) is 22.6 Å². The van der Waals surface area contributed by atoms with E-state index in [9.17, 15) is 4.79 Å². The molecule has 1 saturated carbocycles. The Balaban J connectivity index is 2.18. The molecule has 0 amide bonds. The highest BCUT2D eigenvalue weighted by atomic mass is 35.5. The summed E-state index contributed by atoms with van der Waals surface area (Å²) < 4.78 is 5.61. The number of hydrogen-bond donors (Lipinski definition) is 0. The van der Waals surface area contributed by atoms with E-state index in [4.69, 9.17) is 16.0 Å². The maximum absolute atomic E-state index is 11.9. The number of halogens is 1. The van der Waals surface area contributed by atoms with Gasteiger partial charge in [0.15, 0.2) is 5.76 Å². The maximum Gasteiger partial charge on any atom is 0.201 e. The molecule has 1 aromatic carbocycles. The van der Waals surface area contributed by atoms with E-state index in [0.29, 0.717) is 10.8 Å². The Kier molecular flexibility index (Phi) is 2.08. The van der Waals surface area contributed by atoms with Gasteiger partial charge in [-0.1, -0.05) is 17.7 Å². The number of rotatable bonds is 2. The third-order valence-electron chi connectivity index (χ3n) is 3.02. The Bertz CT molecular complexity index is 540. The molecular weight excluding hydrogens is 224 g/mol. The average molecular weight is 235 g/mol. The molecule has 3 rings (SSSR count). The first kappa shape index (κ1) is 9.91. The Labute approximate surface area is 98.2 Å². The summed E-state index contributed by atoms with van der Waals surface area (Å²) in [5, 5.41) is 1.48. The van der Waals surface area contributed by atoms with Crippen LogP contribution in [0.2, 0.25) is 5.02 Å². The highest BCUT2D eigenvalue weighted by Crippen LogP contribution is 2.36. The fourth-order valence-electron chi connectivity index (χ4n) is 1.89. The van der Waals surface area contributed by atoms with E-state index in [1.54, 1.807) is 6.07 Å². The molecule has 0 radical (unpaired) electrons. The van der Waals surface area contributed by atoms with Crippen LogP contribution in [-0.4, -0.2) is 5.78 Å². The van der Waals surface area contributed by atoms with Crippen LogP contribution >= 0.6 is 11.6 Å². The molecule has 0 spiro atoms. The number of aryl methyl sites for hydroxylation is 1. The van der Waals surface area contributed by atoms with E-state index in [1.165, 1.54) is 0 Å². The van der Waals surface area contributed by atoms with Crippen LogP contribution < -0.4 is 0 Å². The summed E-state index contributed by atoms with van der Waals surface area (Å²) >= 11 is 6.07. The van der Waals surface area contributed by atoms with Crippen molar-refractivity contribution >= 4 is 28.4 Å². The first-order valence-electron chi connectivity index (χ1n) is 5.39. The van der Waals surface area contributed by atoms with Gasteiger partial charge in [-0.15, -0.1) is 0 Å². The lowest BCUT2D eigenvalue weighted by Crippen LogP contribution is -1.98. The van der Waals surface area contributed by atoms with Crippen molar-refractivity contribution in [2.75, 3.05) is 0 Å². The molecule has 0 bridgehead atoms. The zero-order chi connectivity index (χ0) is 11.3. The number of furan rings is 1. The van der Waals surface area contributed by atoms with Gasteiger partial charge in [-0.05, 0) is 37.5 Å². The quantitative estimate of drug-likeness (QED) is 0.736. The van der Waals surface area contributed by atoms with Crippen LogP contribution in [0, 0.1) is 12.8 Å². The van der Waals surface area contributed by atoms with Crippen molar-refractivity contribution in [1.82, 2.24) is 0 Å². The molecule has 1 aromatic heterocycles. The molecule has 82 valence electrons. The first-order valence-corrected chi connectivity index (χ1v) is 5.77. The molecule has 0 unspecified atom stereocenters. The zero-order valence-electron chi connectivity index (χ0n) is 8.92. The molecule has 0 saturated heterocycles. The fourth-order valence-corrected chi connectivity index (χ4v) is 2.10. The number of carbonyl (C=O) groups is 1. The standard InChI is InChI=1S/C13H11ClO2/c1-7-2-5-10(14)9-6-11(16-13(7)9)12(15)8-3-4-8/h2,5-6,8H,3-4H2,1H3. The topological polar surface area (TPSA) is 30.2 Å². The van der Waals surface area contributed by atoms with E-state index in [-0.39, 0.29) is 11.7 Å². The van der Waals surface area contributed by atoms with E-state index >= 15 is 0 Å². The molecule has 16 heavy (non-hydrogen) atoms. The van der Waals surface area contributed by atoms with Gasteiger partial charge in [-0.3, -0.25) is 4.79 Å². The van der Waals surface area contributed by atoms with Gasteiger partial charge in [0.25, 0.3) is 0 Å². The predicted octanol–water partition coefficient (Wildman–Crippen LogP) is 3.99. The van der Waals surface area contributed by atoms with Crippen molar-refractivity contribution < 1.29 is 9.21 Å². The van der Waals surface area contributed by atoms with Gasteiger partial charge in [0.1, 0.15) is 5.58 Å². The van der Waals surface area contributed by atoms with Gasteiger partial charge >= 0.3 is 0 Å². The molecule has 0 N–H and O–H groups in total. The molecule has 1 heterocycles. The minimum absolute atomic E-state index is 0.117. The van der Waals surface area contributed by atoms with Crippen molar-refractivity contribution in [3.63, 3.8) is 0 Å². The number of carbonyl (C=O) groups excluding carboxylic acids is 1. The molecule has 0 aliphatic heterocycles. The number of benzene rings is 1. The van der Waals surface area contributed by atoms with E-state index in [2.05, 4.69) is 0 Å². The van der Waals surface area contributed by atoms with Gasteiger partial charge in [-0.2, -0.15) is 0 Å². The molecule has 1 aliphatic rings. The molecular formula is C13H11ClO2.